The van der Waals surface area contributed by atoms with Crippen molar-refractivity contribution < 1.29 is 0 Å². The van der Waals surface area contributed by atoms with Crippen LogP contribution in [0.15, 0.2) is 47.8 Å². The average molecular weight is 259 g/mol. The van der Waals surface area contributed by atoms with Crippen molar-refractivity contribution in [2.75, 3.05) is 6.54 Å². The molecule has 0 aliphatic rings. The molecule has 0 bridgehead atoms. The first-order chi connectivity index (χ1) is 8.90. The molecule has 2 heteroatoms. The molecule has 0 saturated carbocycles. The van der Waals surface area contributed by atoms with Crippen LogP contribution in [0.4, 0.5) is 0 Å². The molecule has 1 unspecified atom stereocenters. The number of rotatable bonds is 7. The van der Waals surface area contributed by atoms with E-state index in [-0.39, 0.29) is 0 Å². The van der Waals surface area contributed by atoms with Gasteiger partial charge in [0.2, 0.25) is 0 Å². The molecule has 0 saturated heterocycles. The molecule has 0 aliphatic carbocycles. The van der Waals surface area contributed by atoms with E-state index in [0.29, 0.717) is 6.04 Å². The van der Waals surface area contributed by atoms with Gasteiger partial charge in [-0.25, -0.2) is 0 Å². The van der Waals surface area contributed by atoms with Crippen molar-refractivity contribution in [2.24, 2.45) is 0 Å². The van der Waals surface area contributed by atoms with E-state index in [1.807, 2.05) is 11.3 Å². The lowest BCUT2D eigenvalue weighted by Gasteiger charge is -2.18. The lowest BCUT2D eigenvalue weighted by atomic mass is 10.0. The number of thiophene rings is 1. The summed E-state index contributed by atoms with van der Waals surface area (Å²) in [4.78, 5) is 1.48. The van der Waals surface area contributed by atoms with Gasteiger partial charge in [0.15, 0.2) is 0 Å². The number of benzene rings is 1. The molecule has 2 rings (SSSR count). The summed E-state index contributed by atoms with van der Waals surface area (Å²) >= 11 is 1.86. The summed E-state index contributed by atoms with van der Waals surface area (Å²) in [7, 11) is 0. The maximum atomic E-state index is 3.65. The standard InChI is InChI=1S/C16H21NS/c1-2-12-17-16(14-7-4-3-5-8-14)11-10-15-9-6-13-18-15/h3-9,13,16-17H,2,10-12H2,1H3. The quantitative estimate of drug-likeness (QED) is 0.776. The minimum Gasteiger partial charge on any atom is -0.310 e. The molecular formula is C16H21NS. The lowest BCUT2D eigenvalue weighted by Crippen LogP contribution is -2.22. The molecule has 96 valence electrons. The zero-order valence-corrected chi connectivity index (χ0v) is 11.7. The summed E-state index contributed by atoms with van der Waals surface area (Å²) in [5, 5.41) is 5.81. The third kappa shape index (κ3) is 3.97. The zero-order valence-electron chi connectivity index (χ0n) is 10.9. The van der Waals surface area contributed by atoms with Gasteiger partial charge in [-0.2, -0.15) is 0 Å². The van der Waals surface area contributed by atoms with Crippen molar-refractivity contribution in [3.63, 3.8) is 0 Å². The third-order valence-electron chi connectivity index (χ3n) is 3.10. The van der Waals surface area contributed by atoms with E-state index in [1.165, 1.54) is 23.3 Å². The first-order valence-corrected chi connectivity index (χ1v) is 7.59. The molecule has 2 aromatic rings. The van der Waals surface area contributed by atoms with E-state index < -0.39 is 0 Å². The molecule has 1 atom stereocenters. The highest BCUT2D eigenvalue weighted by Crippen LogP contribution is 2.21. The maximum absolute atomic E-state index is 3.65. The van der Waals surface area contributed by atoms with E-state index in [2.05, 4.69) is 60.1 Å². The van der Waals surface area contributed by atoms with Crippen molar-refractivity contribution in [3.05, 3.63) is 58.3 Å². The highest BCUT2D eigenvalue weighted by molar-refractivity contribution is 7.09. The molecule has 18 heavy (non-hydrogen) atoms. The molecular weight excluding hydrogens is 238 g/mol. The van der Waals surface area contributed by atoms with Crippen LogP contribution in [0.5, 0.6) is 0 Å². The SMILES string of the molecule is CCCNC(CCc1cccs1)c1ccccc1. The van der Waals surface area contributed by atoms with Crippen LogP contribution in [-0.4, -0.2) is 6.54 Å². The maximum Gasteiger partial charge on any atom is 0.0323 e. The Morgan fingerprint density at radius 3 is 2.61 bits per heavy atom. The van der Waals surface area contributed by atoms with Gasteiger partial charge in [0.25, 0.3) is 0 Å². The normalized spacial score (nSPS) is 12.5. The molecule has 0 fully saturated rings. The van der Waals surface area contributed by atoms with Crippen molar-refractivity contribution >= 4 is 11.3 Å². The Bertz CT molecular complexity index is 422. The van der Waals surface area contributed by atoms with Crippen molar-refractivity contribution in [1.29, 1.82) is 0 Å². The van der Waals surface area contributed by atoms with Gasteiger partial charge < -0.3 is 5.32 Å². The van der Waals surface area contributed by atoms with E-state index in [4.69, 9.17) is 0 Å². The minimum atomic E-state index is 0.480. The third-order valence-corrected chi connectivity index (χ3v) is 4.04. The summed E-state index contributed by atoms with van der Waals surface area (Å²) in [6, 6.07) is 15.6. The van der Waals surface area contributed by atoms with Crippen LogP contribution in [0, 0.1) is 0 Å². The van der Waals surface area contributed by atoms with Crippen LogP contribution in [0.25, 0.3) is 0 Å². The van der Waals surface area contributed by atoms with E-state index in [9.17, 15) is 0 Å². The van der Waals surface area contributed by atoms with Crippen LogP contribution in [0.3, 0.4) is 0 Å². The van der Waals surface area contributed by atoms with Crippen LogP contribution >= 0.6 is 11.3 Å². The van der Waals surface area contributed by atoms with Gasteiger partial charge in [0, 0.05) is 10.9 Å². The summed E-state index contributed by atoms with van der Waals surface area (Å²) in [5.41, 5.74) is 1.41. The van der Waals surface area contributed by atoms with Gasteiger partial charge in [0.05, 0.1) is 0 Å². The van der Waals surface area contributed by atoms with Gasteiger partial charge in [-0.1, -0.05) is 43.3 Å². The fourth-order valence-electron chi connectivity index (χ4n) is 2.13. The average Bonchev–Trinajstić information content (AvgIpc) is 2.93. The molecule has 0 radical (unpaired) electrons. The fraction of sp³-hybridized carbons (Fsp3) is 0.375. The lowest BCUT2D eigenvalue weighted by molar-refractivity contribution is 0.501. The molecule has 1 heterocycles. The highest BCUT2D eigenvalue weighted by Gasteiger charge is 2.10. The van der Waals surface area contributed by atoms with Gasteiger partial charge >= 0.3 is 0 Å². The van der Waals surface area contributed by atoms with Crippen LogP contribution < -0.4 is 5.32 Å². The first-order valence-electron chi connectivity index (χ1n) is 6.71. The number of hydrogen-bond donors (Lipinski definition) is 1. The summed E-state index contributed by atoms with van der Waals surface area (Å²) in [5.74, 6) is 0. The highest BCUT2D eigenvalue weighted by atomic mass is 32.1. The number of hydrogen-bond acceptors (Lipinski definition) is 2. The molecule has 0 aliphatic heterocycles. The van der Waals surface area contributed by atoms with E-state index in [0.717, 1.165) is 13.0 Å². The van der Waals surface area contributed by atoms with Crippen LogP contribution in [0.2, 0.25) is 0 Å². The number of aryl methyl sites for hydroxylation is 1. The van der Waals surface area contributed by atoms with Gasteiger partial charge in [0.1, 0.15) is 0 Å². The van der Waals surface area contributed by atoms with E-state index in [1.54, 1.807) is 0 Å². The Morgan fingerprint density at radius 1 is 1.11 bits per heavy atom. The largest absolute Gasteiger partial charge is 0.310 e. The van der Waals surface area contributed by atoms with Gasteiger partial charge in [-0.3, -0.25) is 0 Å². The Balaban J connectivity index is 1.96. The zero-order chi connectivity index (χ0) is 12.6. The summed E-state index contributed by atoms with van der Waals surface area (Å²) in [6.07, 6.45) is 3.51. The molecule has 1 aromatic heterocycles. The molecule has 1 nitrogen and oxygen atoms in total. The second-order valence-electron chi connectivity index (χ2n) is 4.54. The van der Waals surface area contributed by atoms with Crippen LogP contribution in [0.1, 0.15) is 36.2 Å². The van der Waals surface area contributed by atoms with Crippen molar-refractivity contribution in [2.45, 2.75) is 32.2 Å². The minimum absolute atomic E-state index is 0.480. The predicted molar refractivity (Wildman–Crippen MR) is 80.1 cm³/mol. The van der Waals surface area contributed by atoms with Gasteiger partial charge in [-0.15, -0.1) is 11.3 Å². The molecule has 1 N–H and O–H groups in total. The molecule has 0 amide bonds. The summed E-state index contributed by atoms with van der Waals surface area (Å²) < 4.78 is 0. The fourth-order valence-corrected chi connectivity index (χ4v) is 2.86. The summed E-state index contributed by atoms with van der Waals surface area (Å²) in [6.45, 7) is 3.30. The monoisotopic (exact) mass is 259 g/mol. The predicted octanol–water partition coefficient (Wildman–Crippen LogP) is 4.42. The first kappa shape index (κ1) is 13.3. The Morgan fingerprint density at radius 2 is 1.94 bits per heavy atom. The van der Waals surface area contributed by atoms with Gasteiger partial charge in [-0.05, 0) is 42.8 Å². The second kappa shape index (κ2) is 7.34. The topological polar surface area (TPSA) is 12.0 Å². The Kier molecular flexibility index (Phi) is 5.43. The van der Waals surface area contributed by atoms with Crippen molar-refractivity contribution in [3.8, 4) is 0 Å². The Hall–Kier alpha value is -1.12. The number of nitrogens with one attached hydrogen (secondary N) is 1. The second-order valence-corrected chi connectivity index (χ2v) is 5.57. The Labute approximate surface area is 114 Å². The molecule has 1 aromatic carbocycles. The van der Waals surface area contributed by atoms with Crippen LogP contribution in [-0.2, 0) is 6.42 Å². The van der Waals surface area contributed by atoms with Crippen molar-refractivity contribution in [1.82, 2.24) is 5.32 Å². The van der Waals surface area contributed by atoms with E-state index >= 15 is 0 Å². The smallest absolute Gasteiger partial charge is 0.0323 e. The molecule has 0 spiro atoms.